The molecule has 108 valence electrons. The number of halogens is 4. The zero-order chi connectivity index (χ0) is 13.9. The smallest absolute Gasteiger partial charge is 0.310 e. The van der Waals surface area contributed by atoms with Gasteiger partial charge in [-0.15, -0.1) is 11.3 Å². The fraction of sp³-hybridized carbons (Fsp3) is 0.692. The lowest BCUT2D eigenvalue weighted by Gasteiger charge is -2.23. The number of alkyl halides is 3. The number of hydrogen-bond donors (Lipinski definition) is 1. The second-order valence-corrected chi connectivity index (χ2v) is 7.42. The Labute approximate surface area is 123 Å². The molecule has 19 heavy (non-hydrogen) atoms. The Balaban J connectivity index is 1.75. The minimum atomic E-state index is -4.02. The van der Waals surface area contributed by atoms with Gasteiger partial charge in [0.2, 0.25) is 0 Å². The molecule has 0 spiro atoms. The van der Waals surface area contributed by atoms with Crippen molar-refractivity contribution in [3.05, 3.63) is 20.3 Å². The van der Waals surface area contributed by atoms with Crippen LogP contribution in [-0.4, -0.2) is 12.7 Å². The molecule has 1 aromatic heterocycles. The van der Waals surface area contributed by atoms with E-state index in [1.807, 2.05) is 0 Å². The van der Waals surface area contributed by atoms with Crippen molar-refractivity contribution in [3.63, 3.8) is 0 Å². The summed E-state index contributed by atoms with van der Waals surface area (Å²) in [6.07, 6.45) is -0.543. The van der Waals surface area contributed by atoms with Gasteiger partial charge in [0.05, 0.1) is 3.79 Å². The first-order valence-electron chi connectivity index (χ1n) is 6.54. The number of thiophene rings is 1. The molecule has 1 aliphatic rings. The molecule has 1 aliphatic carbocycles. The number of fused-ring (bicyclic) bond motifs is 1. The second-order valence-electron chi connectivity index (χ2n) is 4.90. The average molecular weight is 356 g/mol. The van der Waals surface area contributed by atoms with Gasteiger partial charge in [0, 0.05) is 17.3 Å². The molecule has 0 aromatic carbocycles. The molecule has 0 saturated heterocycles. The molecule has 0 saturated carbocycles. The van der Waals surface area contributed by atoms with Gasteiger partial charge in [-0.05, 0) is 66.2 Å². The molecule has 1 heterocycles. The monoisotopic (exact) mass is 355 g/mol. The van der Waals surface area contributed by atoms with Gasteiger partial charge in [0.1, 0.15) is 0 Å². The Morgan fingerprint density at radius 1 is 1.37 bits per heavy atom. The van der Waals surface area contributed by atoms with Gasteiger partial charge in [-0.25, -0.2) is 0 Å². The summed E-state index contributed by atoms with van der Waals surface area (Å²) in [5, 5.41) is 3.40. The van der Waals surface area contributed by atoms with Crippen LogP contribution in [0, 0.1) is 0 Å². The highest BCUT2D eigenvalue weighted by Gasteiger charge is 2.26. The van der Waals surface area contributed by atoms with Crippen LogP contribution in [0.2, 0.25) is 0 Å². The number of hydrogen-bond acceptors (Lipinski definition) is 2. The van der Waals surface area contributed by atoms with Crippen molar-refractivity contribution >= 4 is 27.3 Å². The standard InChI is InChI=1S/C13H17BrF3NS/c14-12-8-9-10(4-3-5-11(9)19-12)18-7-2-1-6-13(15,16)17/h8,10,18H,1-7H2. The van der Waals surface area contributed by atoms with Gasteiger partial charge in [-0.3, -0.25) is 0 Å². The lowest BCUT2D eigenvalue weighted by atomic mass is 9.94. The van der Waals surface area contributed by atoms with Crippen LogP contribution in [0.5, 0.6) is 0 Å². The van der Waals surface area contributed by atoms with Gasteiger partial charge in [-0.1, -0.05) is 0 Å². The minimum Gasteiger partial charge on any atom is -0.310 e. The Hall–Kier alpha value is -0.0700. The van der Waals surface area contributed by atoms with Crippen molar-refractivity contribution < 1.29 is 13.2 Å². The first-order valence-corrected chi connectivity index (χ1v) is 8.15. The van der Waals surface area contributed by atoms with Crippen LogP contribution in [-0.2, 0) is 6.42 Å². The highest BCUT2D eigenvalue weighted by atomic mass is 79.9. The van der Waals surface area contributed by atoms with Gasteiger partial charge < -0.3 is 5.32 Å². The van der Waals surface area contributed by atoms with Crippen LogP contribution in [0.4, 0.5) is 13.2 Å². The van der Waals surface area contributed by atoms with E-state index in [1.165, 1.54) is 10.4 Å². The number of rotatable bonds is 5. The molecule has 2 rings (SSSR count). The van der Waals surface area contributed by atoms with Crippen LogP contribution in [0.15, 0.2) is 9.85 Å². The number of nitrogens with one attached hydrogen (secondary N) is 1. The summed E-state index contributed by atoms with van der Waals surface area (Å²) in [6.45, 7) is 0.660. The van der Waals surface area contributed by atoms with E-state index in [-0.39, 0.29) is 6.42 Å². The topological polar surface area (TPSA) is 12.0 Å². The highest BCUT2D eigenvalue weighted by Crippen LogP contribution is 2.37. The molecule has 0 radical (unpaired) electrons. The zero-order valence-corrected chi connectivity index (χ0v) is 12.9. The van der Waals surface area contributed by atoms with Gasteiger partial charge >= 0.3 is 6.18 Å². The Bertz CT molecular complexity index is 417. The third-order valence-electron chi connectivity index (χ3n) is 3.36. The van der Waals surface area contributed by atoms with E-state index >= 15 is 0 Å². The van der Waals surface area contributed by atoms with E-state index in [1.54, 1.807) is 11.3 Å². The Morgan fingerprint density at radius 2 is 2.16 bits per heavy atom. The van der Waals surface area contributed by atoms with Crippen molar-refractivity contribution in [2.45, 2.75) is 50.7 Å². The van der Waals surface area contributed by atoms with Crippen molar-refractivity contribution in [2.75, 3.05) is 6.54 Å². The van der Waals surface area contributed by atoms with E-state index < -0.39 is 12.6 Å². The number of unbranched alkanes of at least 4 members (excludes halogenated alkanes) is 1. The molecular weight excluding hydrogens is 339 g/mol. The summed E-state index contributed by atoms with van der Waals surface area (Å²) in [5.74, 6) is 0. The maximum Gasteiger partial charge on any atom is 0.389 e. The maximum absolute atomic E-state index is 12.0. The molecule has 0 fully saturated rings. The van der Waals surface area contributed by atoms with Crippen LogP contribution in [0.3, 0.4) is 0 Å². The second kappa shape index (κ2) is 6.59. The van der Waals surface area contributed by atoms with Crippen LogP contribution in [0.1, 0.15) is 48.6 Å². The Kier molecular flexibility index (Phi) is 5.31. The fourth-order valence-corrected chi connectivity index (χ4v) is 4.28. The first kappa shape index (κ1) is 15.3. The van der Waals surface area contributed by atoms with E-state index in [9.17, 15) is 13.2 Å². The van der Waals surface area contributed by atoms with E-state index in [4.69, 9.17) is 0 Å². The van der Waals surface area contributed by atoms with Crippen LogP contribution in [0.25, 0.3) is 0 Å². The third-order valence-corrected chi connectivity index (χ3v) is 5.08. The SMILES string of the molecule is FC(F)(F)CCCCNC1CCCc2sc(Br)cc21. The Morgan fingerprint density at radius 3 is 2.89 bits per heavy atom. The predicted octanol–water partition coefficient (Wildman–Crippen LogP) is 5.21. The lowest BCUT2D eigenvalue weighted by molar-refractivity contribution is -0.135. The van der Waals surface area contributed by atoms with Crippen molar-refractivity contribution in [1.82, 2.24) is 5.32 Å². The quantitative estimate of drug-likeness (QED) is 0.714. The normalized spacial score (nSPS) is 19.5. The van der Waals surface area contributed by atoms with Gasteiger partial charge in [0.15, 0.2) is 0 Å². The molecular formula is C13H17BrF3NS. The predicted molar refractivity (Wildman–Crippen MR) is 75.6 cm³/mol. The van der Waals surface area contributed by atoms with E-state index in [0.29, 0.717) is 19.0 Å². The highest BCUT2D eigenvalue weighted by molar-refractivity contribution is 9.11. The van der Waals surface area contributed by atoms with E-state index in [2.05, 4.69) is 27.3 Å². The summed E-state index contributed by atoms with van der Waals surface area (Å²) in [6, 6.07) is 2.46. The van der Waals surface area contributed by atoms with Crippen molar-refractivity contribution in [2.24, 2.45) is 0 Å². The molecule has 6 heteroatoms. The molecule has 0 aliphatic heterocycles. The lowest BCUT2D eigenvalue weighted by Crippen LogP contribution is -2.25. The average Bonchev–Trinajstić information content (AvgIpc) is 2.68. The molecule has 1 N–H and O–H groups in total. The molecule has 1 aromatic rings. The van der Waals surface area contributed by atoms with Gasteiger partial charge in [0.25, 0.3) is 0 Å². The molecule has 0 amide bonds. The van der Waals surface area contributed by atoms with E-state index in [0.717, 1.165) is 23.0 Å². The largest absolute Gasteiger partial charge is 0.389 e. The molecule has 1 unspecified atom stereocenters. The summed E-state index contributed by atoms with van der Waals surface area (Å²) < 4.78 is 37.2. The van der Waals surface area contributed by atoms with Crippen LogP contribution < -0.4 is 5.32 Å². The van der Waals surface area contributed by atoms with Crippen molar-refractivity contribution in [3.8, 4) is 0 Å². The molecule has 0 bridgehead atoms. The summed E-state index contributed by atoms with van der Waals surface area (Å²) in [7, 11) is 0. The minimum absolute atomic E-state index is 0.212. The fourth-order valence-electron chi connectivity index (χ4n) is 2.46. The molecule has 1 atom stereocenters. The maximum atomic E-state index is 12.0. The summed E-state index contributed by atoms with van der Waals surface area (Å²) >= 11 is 5.27. The first-order chi connectivity index (χ1) is 8.96. The zero-order valence-electron chi connectivity index (χ0n) is 10.5. The molecule has 1 nitrogen and oxygen atoms in total. The number of aryl methyl sites for hydroxylation is 1. The third kappa shape index (κ3) is 4.76. The van der Waals surface area contributed by atoms with Gasteiger partial charge in [-0.2, -0.15) is 13.2 Å². The summed E-state index contributed by atoms with van der Waals surface area (Å²) in [4.78, 5) is 1.41. The summed E-state index contributed by atoms with van der Waals surface area (Å²) in [5.41, 5.74) is 1.33. The van der Waals surface area contributed by atoms with Crippen molar-refractivity contribution in [1.29, 1.82) is 0 Å². The van der Waals surface area contributed by atoms with Crippen LogP contribution >= 0.6 is 27.3 Å².